The van der Waals surface area contributed by atoms with Gasteiger partial charge in [-0.15, -0.1) is 0 Å². The Morgan fingerprint density at radius 3 is 2.36 bits per heavy atom. The molecule has 0 amide bonds. The highest BCUT2D eigenvalue weighted by Crippen LogP contribution is 2.18. The summed E-state index contributed by atoms with van der Waals surface area (Å²) < 4.78 is 13.7. The van der Waals surface area contributed by atoms with E-state index in [-0.39, 0.29) is 6.10 Å². The van der Waals surface area contributed by atoms with Crippen LogP contribution in [0.4, 0.5) is 0 Å². The van der Waals surface area contributed by atoms with Crippen molar-refractivity contribution in [3.63, 3.8) is 0 Å². The molecule has 1 unspecified atom stereocenters. The second-order valence-corrected chi connectivity index (χ2v) is 4.22. The molecular formula is C7H15NO2S. The van der Waals surface area contributed by atoms with Crippen LogP contribution in [-0.4, -0.2) is 27.7 Å². The lowest BCUT2D eigenvalue weighted by atomic mass is 9.94. The average molecular weight is 177 g/mol. The van der Waals surface area contributed by atoms with Gasteiger partial charge in [0, 0.05) is 12.3 Å². The predicted molar refractivity (Wildman–Crippen MR) is 45.5 cm³/mol. The lowest BCUT2D eigenvalue weighted by Gasteiger charge is -2.24. The fraction of sp³-hybridized carbons (Fsp3) is 1.00. The topological polar surface area (TPSA) is 49.3 Å². The standard InChI is InChI=1S/C7H15NO2S/c1-11(10)8-6-2-4-7(9)5-3-6/h6-9H,2-5H2,1H3. The molecule has 0 aromatic rings. The van der Waals surface area contributed by atoms with Gasteiger partial charge >= 0.3 is 0 Å². The Kier molecular flexibility index (Phi) is 3.48. The van der Waals surface area contributed by atoms with Gasteiger partial charge in [-0.1, -0.05) is 0 Å². The van der Waals surface area contributed by atoms with Crippen LogP contribution in [0, 0.1) is 0 Å². The van der Waals surface area contributed by atoms with Gasteiger partial charge in [0.1, 0.15) is 0 Å². The van der Waals surface area contributed by atoms with Gasteiger partial charge in [-0.2, -0.15) is 0 Å². The molecule has 11 heavy (non-hydrogen) atoms. The molecule has 4 heteroatoms. The van der Waals surface area contributed by atoms with Crippen LogP contribution in [0.2, 0.25) is 0 Å². The van der Waals surface area contributed by atoms with Gasteiger partial charge in [0.15, 0.2) is 0 Å². The monoisotopic (exact) mass is 177 g/mol. The van der Waals surface area contributed by atoms with Crippen LogP contribution in [0.25, 0.3) is 0 Å². The zero-order valence-corrected chi connectivity index (χ0v) is 7.56. The number of hydrogen-bond donors (Lipinski definition) is 2. The van der Waals surface area contributed by atoms with Crippen LogP contribution in [0.3, 0.4) is 0 Å². The Bertz CT molecular complexity index is 143. The highest BCUT2D eigenvalue weighted by molar-refractivity contribution is 7.82. The molecule has 0 bridgehead atoms. The van der Waals surface area contributed by atoms with E-state index in [0.717, 1.165) is 25.7 Å². The van der Waals surface area contributed by atoms with Crippen LogP contribution < -0.4 is 4.72 Å². The molecule has 0 aromatic carbocycles. The van der Waals surface area contributed by atoms with E-state index in [0.29, 0.717) is 6.04 Å². The van der Waals surface area contributed by atoms with E-state index < -0.39 is 11.0 Å². The molecule has 3 nitrogen and oxygen atoms in total. The summed E-state index contributed by atoms with van der Waals surface area (Å²) in [6, 6.07) is 0.351. The molecule has 0 saturated heterocycles. The molecule has 66 valence electrons. The van der Waals surface area contributed by atoms with Crippen molar-refractivity contribution in [2.24, 2.45) is 0 Å². The smallest absolute Gasteiger partial charge is 0.0886 e. The molecule has 1 saturated carbocycles. The van der Waals surface area contributed by atoms with E-state index in [2.05, 4.69) is 4.72 Å². The predicted octanol–water partition coefficient (Wildman–Crippen LogP) is 0.173. The van der Waals surface area contributed by atoms with E-state index >= 15 is 0 Å². The summed E-state index contributed by atoms with van der Waals surface area (Å²) in [5.41, 5.74) is 0. The van der Waals surface area contributed by atoms with E-state index in [4.69, 9.17) is 5.11 Å². The van der Waals surface area contributed by atoms with Crippen LogP contribution in [0.15, 0.2) is 0 Å². The number of hydrogen-bond acceptors (Lipinski definition) is 2. The lowest BCUT2D eigenvalue weighted by Crippen LogP contribution is -2.35. The Morgan fingerprint density at radius 2 is 1.91 bits per heavy atom. The fourth-order valence-electron chi connectivity index (χ4n) is 1.43. The Balaban J connectivity index is 2.22. The molecule has 1 aliphatic carbocycles. The summed E-state index contributed by atoms with van der Waals surface area (Å²) in [4.78, 5) is 0. The average Bonchev–Trinajstić information content (AvgIpc) is 1.93. The minimum absolute atomic E-state index is 0.127. The highest BCUT2D eigenvalue weighted by atomic mass is 32.2. The highest BCUT2D eigenvalue weighted by Gasteiger charge is 2.19. The van der Waals surface area contributed by atoms with Crippen molar-refractivity contribution in [1.82, 2.24) is 4.72 Å². The summed E-state index contributed by atoms with van der Waals surface area (Å²) in [5, 5.41) is 9.16. The molecule has 0 aromatic heterocycles. The van der Waals surface area contributed by atoms with Gasteiger partial charge in [0.25, 0.3) is 0 Å². The van der Waals surface area contributed by atoms with Crippen LogP contribution in [0.5, 0.6) is 0 Å². The maximum absolute atomic E-state index is 10.7. The molecule has 1 atom stereocenters. The fourth-order valence-corrected chi connectivity index (χ4v) is 2.13. The van der Waals surface area contributed by atoms with Gasteiger partial charge in [-0.25, -0.2) is 8.93 Å². The van der Waals surface area contributed by atoms with Crippen molar-refractivity contribution in [2.75, 3.05) is 6.26 Å². The van der Waals surface area contributed by atoms with E-state index in [1.54, 1.807) is 6.26 Å². The molecule has 0 heterocycles. The molecule has 0 radical (unpaired) electrons. The number of aliphatic hydroxyl groups excluding tert-OH is 1. The van der Waals surface area contributed by atoms with Crippen molar-refractivity contribution in [1.29, 1.82) is 0 Å². The number of rotatable bonds is 2. The van der Waals surface area contributed by atoms with Gasteiger partial charge in [-0.3, -0.25) is 0 Å². The van der Waals surface area contributed by atoms with Gasteiger partial charge < -0.3 is 5.11 Å². The third kappa shape index (κ3) is 3.31. The van der Waals surface area contributed by atoms with Crippen molar-refractivity contribution in [3.8, 4) is 0 Å². The van der Waals surface area contributed by atoms with Crippen molar-refractivity contribution >= 4 is 11.0 Å². The second kappa shape index (κ2) is 4.18. The minimum Gasteiger partial charge on any atom is -0.393 e. The molecule has 1 aliphatic rings. The summed E-state index contributed by atoms with van der Waals surface area (Å²) >= 11 is 0. The van der Waals surface area contributed by atoms with Crippen molar-refractivity contribution < 1.29 is 9.32 Å². The zero-order valence-electron chi connectivity index (χ0n) is 6.75. The van der Waals surface area contributed by atoms with Crippen LogP contribution in [-0.2, 0) is 11.0 Å². The maximum Gasteiger partial charge on any atom is 0.0886 e. The van der Waals surface area contributed by atoms with Crippen LogP contribution in [0.1, 0.15) is 25.7 Å². The third-order valence-corrected chi connectivity index (χ3v) is 2.69. The normalized spacial score (nSPS) is 35.1. The molecule has 1 rings (SSSR count). The first-order chi connectivity index (χ1) is 5.18. The number of nitrogens with one attached hydrogen (secondary N) is 1. The number of aliphatic hydroxyl groups is 1. The SMILES string of the molecule is CS(=O)NC1CCC(O)CC1. The first-order valence-electron chi connectivity index (χ1n) is 3.96. The van der Waals surface area contributed by atoms with Crippen molar-refractivity contribution in [3.05, 3.63) is 0 Å². The van der Waals surface area contributed by atoms with Crippen LogP contribution >= 0.6 is 0 Å². The summed E-state index contributed by atoms with van der Waals surface area (Å²) in [6.45, 7) is 0. The zero-order chi connectivity index (χ0) is 8.27. The Labute approximate surface area is 69.8 Å². The minimum atomic E-state index is -0.906. The molecule has 2 N–H and O–H groups in total. The molecule has 0 spiro atoms. The molecule has 0 aliphatic heterocycles. The summed E-state index contributed by atoms with van der Waals surface area (Å²) in [7, 11) is -0.906. The van der Waals surface area contributed by atoms with Gasteiger partial charge in [-0.05, 0) is 25.7 Å². The second-order valence-electron chi connectivity index (χ2n) is 3.08. The van der Waals surface area contributed by atoms with Gasteiger partial charge in [0.2, 0.25) is 0 Å². The van der Waals surface area contributed by atoms with Gasteiger partial charge in [0.05, 0.1) is 17.1 Å². The molecular weight excluding hydrogens is 162 g/mol. The summed E-state index contributed by atoms with van der Waals surface area (Å²) in [5.74, 6) is 0. The quantitative estimate of drug-likeness (QED) is 0.632. The molecule has 1 fully saturated rings. The Hall–Kier alpha value is 0.0700. The first kappa shape index (κ1) is 9.16. The van der Waals surface area contributed by atoms with E-state index in [1.165, 1.54) is 0 Å². The largest absolute Gasteiger partial charge is 0.393 e. The van der Waals surface area contributed by atoms with Crippen molar-refractivity contribution in [2.45, 2.75) is 37.8 Å². The Morgan fingerprint density at radius 1 is 1.36 bits per heavy atom. The lowest BCUT2D eigenvalue weighted by molar-refractivity contribution is 0.121. The van der Waals surface area contributed by atoms with E-state index in [1.807, 2.05) is 0 Å². The summed E-state index contributed by atoms with van der Waals surface area (Å²) in [6.07, 6.45) is 5.09. The first-order valence-corrected chi connectivity index (χ1v) is 5.52. The van der Waals surface area contributed by atoms with E-state index in [9.17, 15) is 4.21 Å². The third-order valence-electron chi connectivity index (χ3n) is 2.03. The maximum atomic E-state index is 10.7.